The van der Waals surface area contributed by atoms with E-state index < -0.39 is 30.9 Å². The van der Waals surface area contributed by atoms with Gasteiger partial charge in [0.05, 0.1) is 17.7 Å². The molecule has 2 rings (SSSR count). The molecule has 0 spiro atoms. The van der Waals surface area contributed by atoms with Gasteiger partial charge in [0.15, 0.2) is 0 Å². The minimum absolute atomic E-state index is 0.187. The predicted octanol–water partition coefficient (Wildman–Crippen LogP) is 1.22. The minimum atomic E-state index is -2.99. The van der Waals surface area contributed by atoms with Crippen LogP contribution in [0, 0.1) is 6.92 Å². The third-order valence-corrected chi connectivity index (χ3v) is 2.79. The Morgan fingerprint density at radius 2 is 1.83 bits per heavy atom. The molecule has 0 bridgehead atoms. The molecule has 1 atom stereocenters. The smallest absolute Gasteiger partial charge is 0.265 e. The lowest BCUT2D eigenvalue weighted by Gasteiger charge is -2.17. The highest BCUT2D eigenvalue weighted by Gasteiger charge is 2.37. The molecule has 0 aliphatic carbocycles. The Morgan fingerprint density at radius 3 is 2.44 bits per heavy atom. The summed E-state index contributed by atoms with van der Waals surface area (Å²) in [5, 5.41) is 9.06. The summed E-state index contributed by atoms with van der Waals surface area (Å²) in [6.45, 7) is 1.07. The van der Waals surface area contributed by atoms with E-state index in [9.17, 15) is 18.4 Å². The average molecular weight is 255 g/mol. The van der Waals surface area contributed by atoms with E-state index in [1.165, 1.54) is 12.1 Å². The number of aliphatic hydroxyl groups is 1. The fourth-order valence-corrected chi connectivity index (χ4v) is 1.84. The molecule has 0 saturated carbocycles. The Morgan fingerprint density at radius 1 is 1.22 bits per heavy atom. The SMILES string of the molecule is Cc1ccc2c(c1)C(=O)N(CC(O)C(F)F)C2=O. The number of rotatable bonds is 3. The van der Waals surface area contributed by atoms with Crippen molar-refractivity contribution < 1.29 is 23.5 Å². The summed E-state index contributed by atoms with van der Waals surface area (Å²) in [5.74, 6) is -1.28. The van der Waals surface area contributed by atoms with Gasteiger partial charge in [-0.15, -0.1) is 0 Å². The molecule has 96 valence electrons. The summed E-state index contributed by atoms with van der Waals surface area (Å²) in [6.07, 6.45) is -5.01. The molecule has 1 N–H and O–H groups in total. The summed E-state index contributed by atoms with van der Waals surface area (Å²) in [4.78, 5) is 24.3. The third-order valence-electron chi connectivity index (χ3n) is 2.79. The molecule has 1 aliphatic rings. The number of hydrogen-bond acceptors (Lipinski definition) is 3. The van der Waals surface area contributed by atoms with Crippen molar-refractivity contribution in [2.45, 2.75) is 19.5 Å². The quantitative estimate of drug-likeness (QED) is 0.826. The van der Waals surface area contributed by atoms with E-state index in [-0.39, 0.29) is 11.1 Å². The number of fused-ring (bicyclic) bond motifs is 1. The van der Waals surface area contributed by atoms with E-state index >= 15 is 0 Å². The first-order chi connectivity index (χ1) is 8.41. The van der Waals surface area contributed by atoms with Crippen molar-refractivity contribution in [1.29, 1.82) is 0 Å². The monoisotopic (exact) mass is 255 g/mol. The fourth-order valence-electron chi connectivity index (χ4n) is 1.84. The number of β-amino-alcohol motifs (C(OH)–C–C–N with tert-alkyl or cyclic N) is 1. The van der Waals surface area contributed by atoms with Gasteiger partial charge in [-0.05, 0) is 19.1 Å². The maximum absolute atomic E-state index is 12.2. The molecule has 1 aromatic carbocycles. The third kappa shape index (κ3) is 1.99. The Bertz CT molecular complexity index is 516. The lowest BCUT2D eigenvalue weighted by Crippen LogP contribution is -2.39. The van der Waals surface area contributed by atoms with Gasteiger partial charge in [0.2, 0.25) is 0 Å². The highest BCUT2D eigenvalue weighted by atomic mass is 19.3. The topological polar surface area (TPSA) is 57.6 Å². The molecule has 2 amide bonds. The number of hydrogen-bond donors (Lipinski definition) is 1. The second-order valence-electron chi connectivity index (χ2n) is 4.17. The summed E-state index contributed by atoms with van der Waals surface area (Å²) in [6, 6.07) is 4.68. The second kappa shape index (κ2) is 4.45. The zero-order valence-corrected chi connectivity index (χ0v) is 9.56. The van der Waals surface area contributed by atoms with Gasteiger partial charge in [-0.2, -0.15) is 0 Å². The zero-order valence-electron chi connectivity index (χ0n) is 9.56. The number of benzene rings is 1. The first kappa shape index (κ1) is 12.6. The molecule has 6 heteroatoms. The van der Waals surface area contributed by atoms with Gasteiger partial charge in [-0.25, -0.2) is 8.78 Å². The van der Waals surface area contributed by atoms with Crippen molar-refractivity contribution in [3.63, 3.8) is 0 Å². The molecular formula is C12H11F2NO3. The van der Waals surface area contributed by atoms with Crippen molar-refractivity contribution >= 4 is 11.8 Å². The van der Waals surface area contributed by atoms with Crippen LogP contribution in [0.5, 0.6) is 0 Å². The van der Waals surface area contributed by atoms with Crippen molar-refractivity contribution in [2.24, 2.45) is 0 Å². The summed E-state index contributed by atoms with van der Waals surface area (Å²) in [5.41, 5.74) is 1.18. The van der Waals surface area contributed by atoms with Crippen LogP contribution in [0.1, 0.15) is 26.3 Å². The Hall–Kier alpha value is -1.82. The number of aliphatic hydroxyl groups excluding tert-OH is 1. The maximum atomic E-state index is 12.2. The average Bonchev–Trinajstić information content (AvgIpc) is 2.54. The Labute approximate surface area is 102 Å². The second-order valence-corrected chi connectivity index (χ2v) is 4.17. The number of nitrogens with zero attached hydrogens (tertiary/aromatic N) is 1. The van der Waals surface area contributed by atoms with Gasteiger partial charge >= 0.3 is 0 Å². The normalized spacial score (nSPS) is 16.4. The summed E-state index contributed by atoms with van der Waals surface area (Å²) in [7, 11) is 0. The maximum Gasteiger partial charge on any atom is 0.265 e. The Balaban J connectivity index is 2.29. The van der Waals surface area contributed by atoms with Crippen molar-refractivity contribution in [3.8, 4) is 0 Å². The highest BCUT2D eigenvalue weighted by Crippen LogP contribution is 2.24. The number of carbonyl (C=O) groups excluding carboxylic acids is 2. The van der Waals surface area contributed by atoms with Crippen LogP contribution in [0.4, 0.5) is 8.78 Å². The van der Waals surface area contributed by atoms with E-state index in [0.717, 1.165) is 5.56 Å². The molecule has 0 saturated heterocycles. The first-order valence-corrected chi connectivity index (χ1v) is 5.35. The van der Waals surface area contributed by atoms with Crippen molar-refractivity contribution in [3.05, 3.63) is 34.9 Å². The standard InChI is InChI=1S/C12H11F2NO3/c1-6-2-3-7-8(4-6)12(18)15(11(7)17)5-9(16)10(13)14/h2-4,9-10,16H,5H2,1H3. The van der Waals surface area contributed by atoms with E-state index in [1.54, 1.807) is 13.0 Å². The summed E-state index contributed by atoms with van der Waals surface area (Å²) < 4.78 is 24.5. The number of imide groups is 1. The van der Waals surface area contributed by atoms with Crippen LogP contribution in [0.15, 0.2) is 18.2 Å². The van der Waals surface area contributed by atoms with E-state index in [0.29, 0.717) is 4.90 Å². The van der Waals surface area contributed by atoms with Crippen LogP contribution >= 0.6 is 0 Å². The van der Waals surface area contributed by atoms with Crippen molar-refractivity contribution in [2.75, 3.05) is 6.54 Å². The lowest BCUT2D eigenvalue weighted by atomic mass is 10.1. The molecule has 18 heavy (non-hydrogen) atoms. The molecule has 1 aliphatic heterocycles. The molecule has 0 aromatic heterocycles. The van der Waals surface area contributed by atoms with Gasteiger partial charge in [0.25, 0.3) is 18.2 Å². The molecule has 0 fully saturated rings. The zero-order chi connectivity index (χ0) is 13.4. The lowest BCUT2D eigenvalue weighted by molar-refractivity contribution is -0.0171. The van der Waals surface area contributed by atoms with Crippen LogP contribution < -0.4 is 0 Å². The van der Waals surface area contributed by atoms with Gasteiger partial charge in [0.1, 0.15) is 6.10 Å². The van der Waals surface area contributed by atoms with E-state index in [1.807, 2.05) is 0 Å². The molecule has 1 heterocycles. The first-order valence-electron chi connectivity index (χ1n) is 5.35. The largest absolute Gasteiger partial charge is 0.385 e. The fraction of sp³-hybridized carbons (Fsp3) is 0.333. The molecular weight excluding hydrogens is 244 g/mol. The van der Waals surface area contributed by atoms with Gasteiger partial charge in [-0.3, -0.25) is 14.5 Å². The van der Waals surface area contributed by atoms with Crippen LogP contribution in [-0.2, 0) is 0 Å². The minimum Gasteiger partial charge on any atom is -0.385 e. The molecule has 4 nitrogen and oxygen atoms in total. The van der Waals surface area contributed by atoms with Gasteiger partial charge in [-0.1, -0.05) is 11.6 Å². The van der Waals surface area contributed by atoms with E-state index in [2.05, 4.69) is 0 Å². The van der Waals surface area contributed by atoms with Crippen LogP contribution in [0.25, 0.3) is 0 Å². The number of alkyl halides is 2. The number of aryl methyl sites for hydroxylation is 1. The molecule has 0 radical (unpaired) electrons. The van der Waals surface area contributed by atoms with Gasteiger partial charge < -0.3 is 5.11 Å². The molecule has 1 aromatic rings. The Kier molecular flexibility index (Phi) is 3.13. The molecule has 1 unspecified atom stereocenters. The van der Waals surface area contributed by atoms with Crippen LogP contribution in [0.3, 0.4) is 0 Å². The van der Waals surface area contributed by atoms with Crippen LogP contribution in [0.2, 0.25) is 0 Å². The number of halogens is 2. The van der Waals surface area contributed by atoms with Gasteiger partial charge in [0, 0.05) is 0 Å². The van der Waals surface area contributed by atoms with Crippen molar-refractivity contribution in [1.82, 2.24) is 4.90 Å². The summed E-state index contributed by atoms with van der Waals surface area (Å²) >= 11 is 0. The number of amides is 2. The van der Waals surface area contributed by atoms with E-state index in [4.69, 9.17) is 5.11 Å². The highest BCUT2D eigenvalue weighted by molar-refractivity contribution is 6.21. The van der Waals surface area contributed by atoms with Crippen LogP contribution in [-0.4, -0.2) is 40.9 Å². The predicted molar refractivity (Wildman–Crippen MR) is 58.6 cm³/mol. The number of carbonyl (C=O) groups is 2.